The van der Waals surface area contributed by atoms with Crippen molar-refractivity contribution in [3.63, 3.8) is 0 Å². The van der Waals surface area contributed by atoms with Crippen molar-refractivity contribution in [2.75, 3.05) is 6.61 Å². The van der Waals surface area contributed by atoms with Gasteiger partial charge >= 0.3 is 11.9 Å². The summed E-state index contributed by atoms with van der Waals surface area (Å²) in [6.45, 7) is 8.37. The molecule has 2 unspecified atom stereocenters. The van der Waals surface area contributed by atoms with E-state index in [0.717, 1.165) is 25.7 Å². The molecule has 0 saturated carbocycles. The number of carboxylic acid groups (broad SMARTS) is 1. The van der Waals surface area contributed by atoms with Gasteiger partial charge in [-0.3, -0.25) is 9.59 Å². The van der Waals surface area contributed by atoms with Gasteiger partial charge in [0.2, 0.25) is 0 Å². The smallest absolute Gasteiger partial charge is 0.309 e. The van der Waals surface area contributed by atoms with Crippen LogP contribution in [0.2, 0.25) is 0 Å². The SMILES string of the molecule is CCCCC(C(=O)O)C(CCCC)C(=O)OCC(C)C. The van der Waals surface area contributed by atoms with E-state index in [1.165, 1.54) is 0 Å². The number of hydrogen-bond acceptors (Lipinski definition) is 3. The second kappa shape index (κ2) is 10.7. The van der Waals surface area contributed by atoms with Gasteiger partial charge in [-0.2, -0.15) is 0 Å². The van der Waals surface area contributed by atoms with Gasteiger partial charge in [-0.25, -0.2) is 0 Å². The van der Waals surface area contributed by atoms with Gasteiger partial charge in [0.05, 0.1) is 18.4 Å². The van der Waals surface area contributed by atoms with Gasteiger partial charge in [0.25, 0.3) is 0 Å². The normalized spacial score (nSPS) is 14.1. The highest BCUT2D eigenvalue weighted by Gasteiger charge is 2.33. The fourth-order valence-corrected chi connectivity index (χ4v) is 2.18. The molecule has 4 nitrogen and oxygen atoms in total. The molecule has 4 heteroatoms. The molecule has 0 radical (unpaired) electrons. The molecular formula is C16H30O4. The zero-order chi connectivity index (χ0) is 15.5. The van der Waals surface area contributed by atoms with Crippen LogP contribution in [0.3, 0.4) is 0 Å². The summed E-state index contributed by atoms with van der Waals surface area (Å²) in [5.41, 5.74) is 0. The number of carbonyl (C=O) groups is 2. The van der Waals surface area contributed by atoms with Crippen LogP contribution in [0.25, 0.3) is 0 Å². The summed E-state index contributed by atoms with van der Waals surface area (Å²) in [6, 6.07) is 0. The van der Waals surface area contributed by atoms with E-state index in [9.17, 15) is 14.7 Å². The van der Waals surface area contributed by atoms with Crippen molar-refractivity contribution in [1.29, 1.82) is 0 Å². The molecule has 1 N–H and O–H groups in total. The first-order chi connectivity index (χ1) is 9.43. The Balaban J connectivity index is 4.78. The van der Waals surface area contributed by atoms with Crippen molar-refractivity contribution in [3.05, 3.63) is 0 Å². The molecule has 0 aromatic carbocycles. The maximum absolute atomic E-state index is 12.2. The quantitative estimate of drug-likeness (QED) is 0.585. The Bertz CT molecular complexity index is 286. The summed E-state index contributed by atoms with van der Waals surface area (Å²) in [5, 5.41) is 9.39. The Morgan fingerprint density at radius 1 is 1.00 bits per heavy atom. The molecule has 0 spiro atoms. The van der Waals surface area contributed by atoms with Crippen LogP contribution in [-0.2, 0) is 14.3 Å². The van der Waals surface area contributed by atoms with Crippen LogP contribution < -0.4 is 0 Å². The minimum Gasteiger partial charge on any atom is -0.481 e. The van der Waals surface area contributed by atoms with E-state index in [4.69, 9.17) is 4.74 Å². The third kappa shape index (κ3) is 7.51. The summed E-state index contributed by atoms with van der Waals surface area (Å²) in [5.74, 6) is -2.06. The van der Waals surface area contributed by atoms with Crippen LogP contribution in [0.1, 0.15) is 66.2 Å². The molecule has 0 fully saturated rings. The zero-order valence-corrected chi connectivity index (χ0v) is 13.4. The van der Waals surface area contributed by atoms with Gasteiger partial charge in [-0.1, -0.05) is 53.4 Å². The van der Waals surface area contributed by atoms with Crippen molar-refractivity contribution in [1.82, 2.24) is 0 Å². The van der Waals surface area contributed by atoms with Crippen LogP contribution in [-0.4, -0.2) is 23.7 Å². The molecule has 118 valence electrons. The molecule has 0 aromatic heterocycles. The Hall–Kier alpha value is -1.06. The molecule has 0 rings (SSSR count). The van der Waals surface area contributed by atoms with Crippen molar-refractivity contribution < 1.29 is 19.4 Å². The average Bonchev–Trinajstić information content (AvgIpc) is 2.39. The molecule has 0 aliphatic rings. The molecule has 0 bridgehead atoms. The average molecular weight is 286 g/mol. The fourth-order valence-electron chi connectivity index (χ4n) is 2.18. The second-order valence-corrected chi connectivity index (χ2v) is 5.86. The van der Waals surface area contributed by atoms with Crippen LogP contribution in [0.15, 0.2) is 0 Å². The van der Waals surface area contributed by atoms with E-state index in [1.807, 2.05) is 27.7 Å². The molecule has 0 amide bonds. The standard InChI is InChI=1S/C16H30O4/c1-5-7-9-13(15(17)18)14(10-8-6-2)16(19)20-11-12(3)4/h12-14H,5-11H2,1-4H3,(H,17,18). The largest absolute Gasteiger partial charge is 0.481 e. The highest BCUT2D eigenvalue weighted by atomic mass is 16.5. The van der Waals surface area contributed by atoms with Crippen molar-refractivity contribution in [3.8, 4) is 0 Å². The second-order valence-electron chi connectivity index (χ2n) is 5.86. The van der Waals surface area contributed by atoms with Gasteiger partial charge < -0.3 is 9.84 Å². The van der Waals surface area contributed by atoms with E-state index in [-0.39, 0.29) is 11.9 Å². The Morgan fingerprint density at radius 2 is 1.50 bits per heavy atom. The summed E-state index contributed by atoms with van der Waals surface area (Å²) in [6.07, 6.45) is 4.74. The van der Waals surface area contributed by atoms with Crippen LogP contribution in [0.4, 0.5) is 0 Å². The van der Waals surface area contributed by atoms with Gasteiger partial charge in [0.1, 0.15) is 0 Å². The van der Waals surface area contributed by atoms with E-state index in [2.05, 4.69) is 0 Å². The molecule has 0 saturated heterocycles. The van der Waals surface area contributed by atoms with Gasteiger partial charge in [-0.15, -0.1) is 0 Å². The molecular weight excluding hydrogens is 256 g/mol. The Kier molecular flexibility index (Phi) is 10.1. The third-order valence-electron chi connectivity index (χ3n) is 3.40. The summed E-state index contributed by atoms with van der Waals surface area (Å²) in [4.78, 5) is 23.6. The lowest BCUT2D eigenvalue weighted by Crippen LogP contribution is -2.32. The first kappa shape index (κ1) is 18.9. The number of esters is 1. The fraction of sp³-hybridized carbons (Fsp3) is 0.875. The zero-order valence-electron chi connectivity index (χ0n) is 13.4. The monoisotopic (exact) mass is 286 g/mol. The number of carboxylic acids is 1. The van der Waals surface area contributed by atoms with Crippen molar-refractivity contribution in [2.45, 2.75) is 66.2 Å². The lowest BCUT2D eigenvalue weighted by molar-refractivity contribution is -0.159. The number of carbonyl (C=O) groups excluding carboxylic acids is 1. The topological polar surface area (TPSA) is 63.6 Å². The lowest BCUT2D eigenvalue weighted by atomic mass is 9.84. The lowest BCUT2D eigenvalue weighted by Gasteiger charge is -2.23. The first-order valence-corrected chi connectivity index (χ1v) is 7.83. The number of hydrogen-bond donors (Lipinski definition) is 1. The summed E-state index contributed by atoms with van der Waals surface area (Å²) in [7, 11) is 0. The summed E-state index contributed by atoms with van der Waals surface area (Å²) < 4.78 is 5.27. The molecule has 0 heterocycles. The molecule has 2 atom stereocenters. The van der Waals surface area contributed by atoms with Gasteiger partial charge in [0, 0.05) is 0 Å². The van der Waals surface area contributed by atoms with Crippen molar-refractivity contribution >= 4 is 11.9 Å². The highest BCUT2D eigenvalue weighted by molar-refractivity contribution is 5.81. The van der Waals surface area contributed by atoms with Gasteiger partial charge in [-0.05, 0) is 18.8 Å². The van der Waals surface area contributed by atoms with E-state index < -0.39 is 17.8 Å². The van der Waals surface area contributed by atoms with E-state index in [1.54, 1.807) is 0 Å². The minimum absolute atomic E-state index is 0.268. The molecule has 0 aliphatic carbocycles. The maximum Gasteiger partial charge on any atom is 0.309 e. The number of ether oxygens (including phenoxy) is 1. The minimum atomic E-state index is -0.874. The van der Waals surface area contributed by atoms with Gasteiger partial charge in [0.15, 0.2) is 0 Å². The summed E-state index contributed by atoms with van der Waals surface area (Å²) >= 11 is 0. The third-order valence-corrected chi connectivity index (χ3v) is 3.40. The van der Waals surface area contributed by atoms with Crippen molar-refractivity contribution in [2.24, 2.45) is 17.8 Å². The van der Waals surface area contributed by atoms with Crippen LogP contribution >= 0.6 is 0 Å². The van der Waals surface area contributed by atoms with Crippen LogP contribution in [0.5, 0.6) is 0 Å². The highest BCUT2D eigenvalue weighted by Crippen LogP contribution is 2.26. The number of unbranched alkanes of at least 4 members (excludes halogenated alkanes) is 2. The predicted molar refractivity (Wildman–Crippen MR) is 79.5 cm³/mol. The molecule has 20 heavy (non-hydrogen) atoms. The Labute approximate surface area is 122 Å². The predicted octanol–water partition coefficient (Wildman–Crippen LogP) is 3.88. The van der Waals surface area contributed by atoms with Crippen LogP contribution in [0, 0.1) is 17.8 Å². The Morgan fingerprint density at radius 3 is 1.90 bits per heavy atom. The van der Waals surface area contributed by atoms with E-state index in [0.29, 0.717) is 19.4 Å². The first-order valence-electron chi connectivity index (χ1n) is 7.83. The molecule has 0 aliphatic heterocycles. The number of rotatable bonds is 11. The molecule has 0 aromatic rings. The maximum atomic E-state index is 12.2. The van der Waals surface area contributed by atoms with E-state index >= 15 is 0 Å². The number of aliphatic carboxylic acids is 1.